The van der Waals surface area contributed by atoms with Crippen molar-refractivity contribution >= 4 is 63.9 Å². The van der Waals surface area contributed by atoms with Gasteiger partial charge in [-0.15, -0.1) is 10.2 Å². The van der Waals surface area contributed by atoms with Crippen molar-refractivity contribution in [2.75, 3.05) is 36.4 Å². The number of urea groups is 1. The van der Waals surface area contributed by atoms with Gasteiger partial charge in [0, 0.05) is 41.8 Å². The van der Waals surface area contributed by atoms with Crippen molar-refractivity contribution in [2.45, 2.75) is 0 Å². The first-order valence-corrected chi connectivity index (χ1v) is 11.0. The summed E-state index contributed by atoms with van der Waals surface area (Å²) in [6.07, 6.45) is 0. The average Bonchev–Trinajstić information content (AvgIpc) is 2.77. The summed E-state index contributed by atoms with van der Waals surface area (Å²) >= 11 is 24.3. The van der Waals surface area contributed by atoms with E-state index in [0.717, 1.165) is 11.4 Å². The molecule has 1 aliphatic rings. The van der Waals surface area contributed by atoms with Crippen molar-refractivity contribution in [3.05, 3.63) is 68.6 Å². The van der Waals surface area contributed by atoms with Gasteiger partial charge in [0.1, 0.15) is 0 Å². The van der Waals surface area contributed by atoms with Gasteiger partial charge in [0.25, 0.3) is 0 Å². The maximum Gasteiger partial charge on any atom is 0.322 e. The first-order valence-electron chi connectivity index (χ1n) is 9.46. The predicted octanol–water partition coefficient (Wildman–Crippen LogP) is 6.11. The van der Waals surface area contributed by atoms with E-state index in [2.05, 4.69) is 20.4 Å². The Morgan fingerprint density at radius 1 is 0.806 bits per heavy atom. The van der Waals surface area contributed by atoms with E-state index in [1.165, 1.54) is 0 Å². The predicted molar refractivity (Wildman–Crippen MR) is 127 cm³/mol. The number of nitrogens with one attached hydrogen (secondary N) is 1. The molecule has 1 N–H and O–H groups in total. The summed E-state index contributed by atoms with van der Waals surface area (Å²) in [4.78, 5) is 16.4. The van der Waals surface area contributed by atoms with Crippen molar-refractivity contribution in [1.29, 1.82) is 0 Å². The lowest BCUT2D eigenvalue weighted by Crippen LogP contribution is -2.50. The molecule has 0 spiro atoms. The fourth-order valence-electron chi connectivity index (χ4n) is 3.26. The molecule has 0 bridgehead atoms. The molecule has 4 rings (SSSR count). The van der Waals surface area contributed by atoms with Gasteiger partial charge in [-0.25, -0.2) is 4.79 Å². The Hall–Kier alpha value is -2.25. The number of halogens is 4. The second kappa shape index (κ2) is 9.49. The second-order valence-corrected chi connectivity index (χ2v) is 8.62. The normalized spacial score (nSPS) is 13.9. The molecule has 1 aliphatic heterocycles. The highest BCUT2D eigenvalue weighted by Gasteiger charge is 2.23. The summed E-state index contributed by atoms with van der Waals surface area (Å²) in [7, 11) is 0. The lowest BCUT2D eigenvalue weighted by molar-refractivity contribution is 0.208. The Morgan fingerprint density at radius 2 is 1.52 bits per heavy atom. The van der Waals surface area contributed by atoms with Gasteiger partial charge in [-0.05, 0) is 48.5 Å². The number of benzene rings is 2. The van der Waals surface area contributed by atoms with Gasteiger partial charge in [-0.3, -0.25) is 0 Å². The molecule has 2 amide bonds. The fraction of sp³-hybridized carbons (Fsp3) is 0.190. The molecule has 2 heterocycles. The lowest BCUT2D eigenvalue weighted by Gasteiger charge is -2.35. The molecule has 3 aromatic rings. The Morgan fingerprint density at radius 3 is 2.19 bits per heavy atom. The Balaban J connectivity index is 1.37. The van der Waals surface area contributed by atoms with Crippen LogP contribution in [0.4, 0.5) is 16.3 Å². The third kappa shape index (κ3) is 5.15. The summed E-state index contributed by atoms with van der Waals surface area (Å²) in [6, 6.07) is 13.8. The van der Waals surface area contributed by atoms with Gasteiger partial charge in [-0.2, -0.15) is 0 Å². The Bertz CT molecular complexity index is 1100. The zero-order chi connectivity index (χ0) is 22.0. The topological polar surface area (TPSA) is 61.4 Å². The van der Waals surface area contributed by atoms with E-state index in [1.807, 2.05) is 18.2 Å². The first kappa shape index (κ1) is 22.0. The van der Waals surface area contributed by atoms with Gasteiger partial charge >= 0.3 is 6.03 Å². The van der Waals surface area contributed by atoms with Crippen molar-refractivity contribution in [3.63, 3.8) is 0 Å². The monoisotopic (exact) mass is 495 g/mol. The SMILES string of the molecule is O=C(Nc1cc(Cl)ccc1Cl)N1CCN(c2ccc(-c3ccc(Cl)cc3Cl)nn2)CC1. The summed E-state index contributed by atoms with van der Waals surface area (Å²) < 4.78 is 0. The largest absolute Gasteiger partial charge is 0.352 e. The van der Waals surface area contributed by atoms with Crippen molar-refractivity contribution in [1.82, 2.24) is 15.1 Å². The van der Waals surface area contributed by atoms with Gasteiger partial charge in [-0.1, -0.05) is 46.4 Å². The third-order valence-electron chi connectivity index (χ3n) is 4.92. The van der Waals surface area contributed by atoms with Crippen LogP contribution in [0.3, 0.4) is 0 Å². The van der Waals surface area contributed by atoms with E-state index in [9.17, 15) is 4.79 Å². The number of carbonyl (C=O) groups is 1. The van der Waals surface area contributed by atoms with E-state index in [1.54, 1.807) is 35.2 Å². The third-order valence-corrected chi connectivity index (χ3v) is 6.03. The number of aromatic nitrogens is 2. The summed E-state index contributed by atoms with van der Waals surface area (Å²) in [5.41, 5.74) is 1.93. The number of hydrogen-bond donors (Lipinski definition) is 1. The van der Waals surface area contributed by atoms with Crippen molar-refractivity contribution < 1.29 is 4.79 Å². The highest BCUT2D eigenvalue weighted by atomic mass is 35.5. The summed E-state index contributed by atoms with van der Waals surface area (Å²) in [6.45, 7) is 2.34. The summed E-state index contributed by atoms with van der Waals surface area (Å²) in [5, 5.41) is 13.5. The van der Waals surface area contributed by atoms with Crippen LogP contribution in [0.15, 0.2) is 48.5 Å². The number of piperazine rings is 1. The molecule has 0 saturated carbocycles. The molecular formula is C21H17Cl4N5O. The lowest BCUT2D eigenvalue weighted by atomic mass is 10.1. The molecule has 0 unspecified atom stereocenters. The molecule has 10 heteroatoms. The van der Waals surface area contributed by atoms with Crippen LogP contribution in [-0.2, 0) is 0 Å². The quantitative estimate of drug-likeness (QED) is 0.475. The molecule has 31 heavy (non-hydrogen) atoms. The van der Waals surface area contributed by atoms with E-state index >= 15 is 0 Å². The van der Waals surface area contributed by atoms with Gasteiger partial charge in [0.2, 0.25) is 0 Å². The van der Waals surface area contributed by atoms with Crippen LogP contribution in [0.2, 0.25) is 20.1 Å². The van der Waals surface area contributed by atoms with Crippen molar-refractivity contribution in [3.8, 4) is 11.3 Å². The summed E-state index contributed by atoms with van der Waals surface area (Å²) in [5.74, 6) is 0.742. The standard InChI is InChI=1S/C21H17Cl4N5O/c22-13-1-3-15(17(25)11-13)18-5-6-20(28-27-18)29-7-9-30(10-8-29)21(31)26-19-12-14(23)2-4-16(19)24/h1-6,11-12H,7-10H2,(H,26,31). The molecule has 6 nitrogen and oxygen atoms in total. The van der Waals surface area contributed by atoms with E-state index in [-0.39, 0.29) is 6.03 Å². The molecule has 1 fully saturated rings. The minimum Gasteiger partial charge on any atom is -0.352 e. The molecule has 160 valence electrons. The molecule has 1 saturated heterocycles. The van der Waals surface area contributed by atoms with Crippen LogP contribution >= 0.6 is 46.4 Å². The van der Waals surface area contributed by atoms with Crippen molar-refractivity contribution in [2.24, 2.45) is 0 Å². The number of hydrogen-bond acceptors (Lipinski definition) is 4. The minimum atomic E-state index is -0.220. The first-order chi connectivity index (χ1) is 14.9. The molecule has 2 aromatic carbocycles. The zero-order valence-corrected chi connectivity index (χ0v) is 19.2. The fourth-order valence-corrected chi connectivity index (χ4v) is 4.10. The van der Waals surface area contributed by atoms with E-state index < -0.39 is 0 Å². The number of nitrogens with zero attached hydrogens (tertiary/aromatic N) is 4. The van der Waals surface area contributed by atoms with Crippen LogP contribution in [0.25, 0.3) is 11.3 Å². The Kier molecular flexibility index (Phi) is 6.72. The van der Waals surface area contributed by atoms with Crippen LogP contribution in [0.1, 0.15) is 0 Å². The van der Waals surface area contributed by atoms with E-state index in [0.29, 0.717) is 57.7 Å². The average molecular weight is 497 g/mol. The van der Waals surface area contributed by atoms with Gasteiger partial charge in [0.05, 0.1) is 21.4 Å². The van der Waals surface area contributed by atoms with E-state index in [4.69, 9.17) is 46.4 Å². The number of anilines is 2. The second-order valence-electron chi connectivity index (χ2n) is 6.93. The molecular weight excluding hydrogens is 480 g/mol. The number of rotatable bonds is 3. The molecule has 0 radical (unpaired) electrons. The highest BCUT2D eigenvalue weighted by Crippen LogP contribution is 2.29. The molecule has 1 aromatic heterocycles. The highest BCUT2D eigenvalue weighted by molar-refractivity contribution is 6.36. The van der Waals surface area contributed by atoms with Crippen LogP contribution < -0.4 is 10.2 Å². The maximum atomic E-state index is 12.6. The minimum absolute atomic E-state index is 0.220. The zero-order valence-electron chi connectivity index (χ0n) is 16.2. The molecule has 0 aliphatic carbocycles. The maximum absolute atomic E-state index is 12.6. The number of carbonyl (C=O) groups excluding carboxylic acids is 1. The van der Waals surface area contributed by atoms with Crippen LogP contribution in [0.5, 0.6) is 0 Å². The smallest absolute Gasteiger partial charge is 0.322 e. The van der Waals surface area contributed by atoms with Gasteiger partial charge < -0.3 is 15.1 Å². The van der Waals surface area contributed by atoms with Crippen LogP contribution in [-0.4, -0.2) is 47.3 Å². The van der Waals surface area contributed by atoms with Crippen LogP contribution in [0, 0.1) is 0 Å². The Labute approximate surface area is 199 Å². The number of amides is 2. The molecule has 0 atom stereocenters. The van der Waals surface area contributed by atoms with Gasteiger partial charge in [0.15, 0.2) is 5.82 Å².